The fraction of sp³-hybridized carbons (Fsp3) is 0.111. The number of esters is 1. The lowest BCUT2D eigenvalue weighted by Gasteiger charge is -2.08. The average Bonchev–Trinajstić information content (AvgIpc) is 2.81. The van der Waals surface area contributed by atoms with Gasteiger partial charge in [0.05, 0.1) is 16.2 Å². The minimum absolute atomic E-state index is 0.0389. The van der Waals surface area contributed by atoms with Crippen molar-refractivity contribution < 1.29 is 23.8 Å². The summed E-state index contributed by atoms with van der Waals surface area (Å²) in [6, 6.07) is 8.07. The van der Waals surface area contributed by atoms with Gasteiger partial charge in [-0.15, -0.1) is 0 Å². The van der Waals surface area contributed by atoms with Crippen LogP contribution in [0.2, 0.25) is 5.02 Å². The molecule has 5 nitrogen and oxygen atoms in total. The highest BCUT2D eigenvalue weighted by Gasteiger charge is 2.23. The Morgan fingerprint density at radius 3 is 2.56 bits per heavy atom. The fourth-order valence-electron chi connectivity index (χ4n) is 2.67. The van der Waals surface area contributed by atoms with E-state index in [0.717, 1.165) is 6.07 Å². The van der Waals surface area contributed by atoms with Crippen LogP contribution in [0.25, 0.3) is 10.9 Å². The van der Waals surface area contributed by atoms with Gasteiger partial charge < -0.3 is 9.84 Å². The molecule has 0 spiro atoms. The Bertz CT molecular complexity index is 1030. The van der Waals surface area contributed by atoms with Gasteiger partial charge in [0, 0.05) is 17.9 Å². The molecule has 25 heavy (non-hydrogen) atoms. The highest BCUT2D eigenvalue weighted by Crippen LogP contribution is 2.35. The van der Waals surface area contributed by atoms with Gasteiger partial charge in [0.1, 0.15) is 11.6 Å². The molecule has 0 aliphatic rings. The molecule has 0 aliphatic heterocycles. The normalized spacial score (nSPS) is 10.9. The Kier molecular flexibility index (Phi) is 4.22. The van der Waals surface area contributed by atoms with Gasteiger partial charge in [0.25, 0.3) is 5.91 Å². The first-order valence-corrected chi connectivity index (χ1v) is 7.69. The molecule has 1 heterocycles. The van der Waals surface area contributed by atoms with E-state index < -0.39 is 17.7 Å². The first kappa shape index (κ1) is 17.0. The summed E-state index contributed by atoms with van der Waals surface area (Å²) in [4.78, 5) is 24.3. The lowest BCUT2D eigenvalue weighted by Crippen LogP contribution is -2.14. The molecule has 0 fully saturated rings. The van der Waals surface area contributed by atoms with E-state index in [2.05, 4.69) is 0 Å². The van der Waals surface area contributed by atoms with Crippen LogP contribution in [0.5, 0.6) is 11.5 Å². The van der Waals surface area contributed by atoms with E-state index in [9.17, 15) is 19.1 Å². The summed E-state index contributed by atoms with van der Waals surface area (Å²) in [6.45, 7) is 2.83. The number of hydrogen-bond acceptors (Lipinski definition) is 4. The maximum atomic E-state index is 13.7. The second-order valence-electron chi connectivity index (χ2n) is 5.48. The van der Waals surface area contributed by atoms with Crippen LogP contribution < -0.4 is 4.74 Å². The number of hydrogen-bond donors (Lipinski definition) is 1. The van der Waals surface area contributed by atoms with Crippen LogP contribution in [0.15, 0.2) is 36.4 Å². The lowest BCUT2D eigenvalue weighted by molar-refractivity contribution is -0.131. The first-order valence-electron chi connectivity index (χ1n) is 7.31. The average molecular weight is 362 g/mol. The van der Waals surface area contributed by atoms with Crippen molar-refractivity contribution in [2.45, 2.75) is 13.8 Å². The molecule has 3 aromatic rings. The number of fused-ring (bicyclic) bond motifs is 1. The minimum atomic E-state index is -0.709. The van der Waals surface area contributed by atoms with Gasteiger partial charge in [-0.05, 0) is 43.3 Å². The molecule has 3 rings (SSSR count). The molecule has 0 bridgehead atoms. The molecule has 7 heteroatoms. The smallest absolute Gasteiger partial charge is 0.308 e. The molecule has 0 unspecified atom stereocenters. The maximum absolute atomic E-state index is 13.7. The van der Waals surface area contributed by atoms with E-state index >= 15 is 0 Å². The highest BCUT2D eigenvalue weighted by atomic mass is 35.5. The van der Waals surface area contributed by atoms with Crippen LogP contribution in [0, 0.1) is 12.7 Å². The summed E-state index contributed by atoms with van der Waals surface area (Å²) in [5.74, 6) is -1.65. The first-order chi connectivity index (χ1) is 11.8. The Hall–Kier alpha value is -2.86. The molecule has 0 amide bonds. The summed E-state index contributed by atoms with van der Waals surface area (Å²) in [5.41, 5.74) is 0.868. The van der Waals surface area contributed by atoms with E-state index in [0.29, 0.717) is 16.6 Å². The zero-order chi connectivity index (χ0) is 18.3. The molecule has 0 radical (unpaired) electrons. The van der Waals surface area contributed by atoms with Crippen molar-refractivity contribution in [3.05, 3.63) is 58.5 Å². The predicted molar refractivity (Wildman–Crippen MR) is 90.8 cm³/mol. The van der Waals surface area contributed by atoms with Crippen molar-refractivity contribution >= 4 is 34.4 Å². The number of benzene rings is 2. The second-order valence-corrected chi connectivity index (χ2v) is 5.89. The zero-order valence-corrected chi connectivity index (χ0v) is 14.1. The summed E-state index contributed by atoms with van der Waals surface area (Å²) in [5, 5.41) is 10.0. The number of phenols is 1. The molecule has 128 valence electrons. The second kappa shape index (κ2) is 6.22. The summed E-state index contributed by atoms with van der Waals surface area (Å²) in [7, 11) is 0. The van der Waals surface area contributed by atoms with E-state index in [1.807, 2.05) is 0 Å². The largest absolute Gasteiger partial charge is 0.508 e. The van der Waals surface area contributed by atoms with E-state index in [-0.39, 0.29) is 22.1 Å². The standard InChI is InChI=1S/C18H13ClFNO4/c1-9-17(25-10(2)22)13-8-12(23)4-6-16(13)21(9)18(24)11-3-5-14(19)15(20)7-11/h3-8,23H,1-2H3. The molecule has 0 saturated heterocycles. The molecule has 0 atom stereocenters. The Labute approximate surface area is 147 Å². The summed E-state index contributed by atoms with van der Waals surface area (Å²) < 4.78 is 20.2. The monoisotopic (exact) mass is 361 g/mol. The third-order valence-corrected chi connectivity index (χ3v) is 4.05. The lowest BCUT2D eigenvalue weighted by atomic mass is 10.2. The quantitative estimate of drug-likeness (QED) is 0.699. The number of halogens is 2. The number of carbonyl (C=O) groups excluding carboxylic acids is 2. The molecule has 1 aromatic heterocycles. The fourth-order valence-corrected chi connectivity index (χ4v) is 2.79. The van der Waals surface area contributed by atoms with Crippen LogP contribution in [0.4, 0.5) is 4.39 Å². The predicted octanol–water partition coefficient (Wildman–Crippen LogP) is 4.06. The number of rotatable bonds is 2. The zero-order valence-electron chi connectivity index (χ0n) is 13.3. The van der Waals surface area contributed by atoms with Crippen LogP contribution in [-0.2, 0) is 4.79 Å². The number of aromatic hydroxyl groups is 1. The van der Waals surface area contributed by atoms with Gasteiger partial charge in [-0.25, -0.2) is 4.39 Å². The SMILES string of the molecule is CC(=O)Oc1c(C)n(C(=O)c2ccc(Cl)c(F)c2)c2ccc(O)cc12. The Morgan fingerprint density at radius 2 is 1.92 bits per heavy atom. The van der Waals surface area contributed by atoms with Gasteiger partial charge in [-0.2, -0.15) is 0 Å². The summed E-state index contributed by atoms with van der Waals surface area (Å²) >= 11 is 5.66. The highest BCUT2D eigenvalue weighted by molar-refractivity contribution is 6.30. The topological polar surface area (TPSA) is 68.5 Å². The third kappa shape index (κ3) is 2.96. The van der Waals surface area contributed by atoms with Gasteiger partial charge in [-0.1, -0.05) is 11.6 Å². The van der Waals surface area contributed by atoms with Crippen LogP contribution in [-0.4, -0.2) is 21.6 Å². The number of nitrogens with zero attached hydrogens (tertiary/aromatic N) is 1. The molecule has 0 aliphatic carbocycles. The van der Waals surface area contributed by atoms with Crippen LogP contribution in [0.3, 0.4) is 0 Å². The van der Waals surface area contributed by atoms with Gasteiger partial charge in [-0.3, -0.25) is 14.2 Å². The van der Waals surface area contributed by atoms with Crippen LogP contribution >= 0.6 is 11.6 Å². The molecule has 0 saturated carbocycles. The van der Waals surface area contributed by atoms with Crippen LogP contribution in [0.1, 0.15) is 23.0 Å². The molecule has 1 N–H and O–H groups in total. The van der Waals surface area contributed by atoms with Crippen molar-refractivity contribution in [1.82, 2.24) is 4.57 Å². The van der Waals surface area contributed by atoms with Crippen molar-refractivity contribution in [2.75, 3.05) is 0 Å². The van der Waals surface area contributed by atoms with Crippen molar-refractivity contribution in [3.63, 3.8) is 0 Å². The molecule has 2 aromatic carbocycles. The Morgan fingerprint density at radius 1 is 1.20 bits per heavy atom. The van der Waals surface area contributed by atoms with Gasteiger partial charge >= 0.3 is 5.97 Å². The maximum Gasteiger partial charge on any atom is 0.308 e. The van der Waals surface area contributed by atoms with Gasteiger partial charge in [0.2, 0.25) is 0 Å². The third-order valence-electron chi connectivity index (χ3n) is 3.75. The van der Waals surface area contributed by atoms with E-state index in [4.69, 9.17) is 16.3 Å². The van der Waals surface area contributed by atoms with E-state index in [1.165, 1.54) is 41.8 Å². The number of aromatic nitrogens is 1. The number of ether oxygens (including phenoxy) is 1. The molecular weight excluding hydrogens is 349 g/mol. The van der Waals surface area contributed by atoms with E-state index in [1.54, 1.807) is 6.92 Å². The molecular formula is C18H13ClFNO4. The van der Waals surface area contributed by atoms with Crippen molar-refractivity contribution in [2.24, 2.45) is 0 Å². The van der Waals surface area contributed by atoms with Crippen molar-refractivity contribution in [3.8, 4) is 11.5 Å². The number of carbonyl (C=O) groups is 2. The number of phenolic OH excluding ortho intramolecular Hbond substituents is 1. The summed E-state index contributed by atoms with van der Waals surface area (Å²) in [6.07, 6.45) is 0. The van der Waals surface area contributed by atoms with Crippen molar-refractivity contribution in [1.29, 1.82) is 0 Å². The van der Waals surface area contributed by atoms with Gasteiger partial charge in [0.15, 0.2) is 5.75 Å². The minimum Gasteiger partial charge on any atom is -0.508 e. The Balaban J connectivity index is 2.24.